The van der Waals surface area contributed by atoms with Crippen molar-refractivity contribution in [1.82, 2.24) is 9.78 Å². The van der Waals surface area contributed by atoms with Crippen molar-refractivity contribution in [3.05, 3.63) is 47.3 Å². The molecular weight excluding hydrogens is 250 g/mol. The van der Waals surface area contributed by atoms with Crippen LogP contribution in [0.25, 0.3) is 0 Å². The van der Waals surface area contributed by atoms with Gasteiger partial charge in [-0.2, -0.15) is 5.10 Å². The zero-order chi connectivity index (χ0) is 14.4. The van der Waals surface area contributed by atoms with Crippen molar-refractivity contribution < 1.29 is 4.74 Å². The number of aryl methyl sites for hydroxylation is 2. The van der Waals surface area contributed by atoms with Crippen molar-refractivity contribution >= 4 is 0 Å². The molecule has 2 aromatic rings. The van der Waals surface area contributed by atoms with Gasteiger partial charge in [-0.3, -0.25) is 4.68 Å². The maximum absolute atomic E-state index is 5.75. The molecule has 1 aromatic carbocycles. The first-order valence-corrected chi connectivity index (χ1v) is 7.24. The van der Waals surface area contributed by atoms with Crippen LogP contribution in [0.5, 0.6) is 5.75 Å². The largest absolute Gasteiger partial charge is 0.492 e. The van der Waals surface area contributed by atoms with Crippen LogP contribution in [0.4, 0.5) is 0 Å². The molecule has 2 rings (SSSR count). The smallest absolute Gasteiger partial charge is 0.119 e. The number of hydrogen-bond donors (Lipinski definition) is 1. The third kappa shape index (κ3) is 3.61. The van der Waals surface area contributed by atoms with Crippen LogP contribution < -0.4 is 10.5 Å². The van der Waals surface area contributed by atoms with Crippen LogP contribution in [0.2, 0.25) is 0 Å². The molecule has 0 unspecified atom stereocenters. The molecule has 0 atom stereocenters. The standard InChI is InChI=1S/C16H23N3O/c1-3-14-11-15(4-2)19(18-14)9-10-20-16-7-5-13(12-17)6-8-16/h5-8,11H,3-4,9-10,12,17H2,1-2H3. The van der Waals surface area contributed by atoms with Gasteiger partial charge in [0.15, 0.2) is 0 Å². The Hall–Kier alpha value is -1.81. The van der Waals surface area contributed by atoms with Gasteiger partial charge in [0.05, 0.1) is 12.2 Å². The van der Waals surface area contributed by atoms with Crippen LogP contribution in [0.3, 0.4) is 0 Å². The molecule has 4 heteroatoms. The van der Waals surface area contributed by atoms with Gasteiger partial charge in [-0.1, -0.05) is 26.0 Å². The van der Waals surface area contributed by atoms with Crippen molar-refractivity contribution in [2.24, 2.45) is 5.73 Å². The fourth-order valence-electron chi connectivity index (χ4n) is 2.14. The Morgan fingerprint density at radius 2 is 1.90 bits per heavy atom. The van der Waals surface area contributed by atoms with Gasteiger partial charge in [-0.15, -0.1) is 0 Å². The summed E-state index contributed by atoms with van der Waals surface area (Å²) in [5.74, 6) is 0.878. The van der Waals surface area contributed by atoms with Gasteiger partial charge in [0.1, 0.15) is 12.4 Å². The van der Waals surface area contributed by atoms with Crippen molar-refractivity contribution in [2.45, 2.75) is 39.8 Å². The first-order chi connectivity index (χ1) is 9.76. The molecule has 0 aliphatic heterocycles. The average Bonchev–Trinajstić information content (AvgIpc) is 2.90. The summed E-state index contributed by atoms with van der Waals surface area (Å²) in [6.07, 6.45) is 1.97. The van der Waals surface area contributed by atoms with Crippen LogP contribution in [0, 0.1) is 0 Å². The summed E-state index contributed by atoms with van der Waals surface area (Å²) in [5, 5.41) is 4.58. The molecule has 0 saturated heterocycles. The summed E-state index contributed by atoms with van der Waals surface area (Å²) in [6.45, 7) is 6.25. The van der Waals surface area contributed by atoms with E-state index in [1.807, 2.05) is 28.9 Å². The Kier molecular flexibility index (Phi) is 5.18. The molecule has 2 N–H and O–H groups in total. The highest BCUT2D eigenvalue weighted by atomic mass is 16.5. The lowest BCUT2D eigenvalue weighted by molar-refractivity contribution is 0.289. The Bertz CT molecular complexity index is 531. The maximum Gasteiger partial charge on any atom is 0.119 e. The predicted octanol–water partition coefficient (Wildman–Crippen LogP) is 2.55. The second-order valence-electron chi connectivity index (χ2n) is 4.75. The van der Waals surface area contributed by atoms with Crippen LogP contribution >= 0.6 is 0 Å². The molecular formula is C16H23N3O. The van der Waals surface area contributed by atoms with E-state index in [1.165, 1.54) is 5.69 Å². The zero-order valence-electron chi connectivity index (χ0n) is 12.3. The molecule has 0 aliphatic rings. The highest BCUT2D eigenvalue weighted by Gasteiger charge is 2.05. The molecule has 0 spiro atoms. The summed E-state index contributed by atoms with van der Waals surface area (Å²) in [6, 6.07) is 10.1. The Labute approximate surface area is 120 Å². The average molecular weight is 273 g/mol. The summed E-state index contributed by atoms with van der Waals surface area (Å²) < 4.78 is 7.80. The minimum absolute atomic E-state index is 0.563. The quantitative estimate of drug-likeness (QED) is 0.843. The Morgan fingerprint density at radius 3 is 2.50 bits per heavy atom. The molecule has 0 saturated carbocycles. The number of ether oxygens (including phenoxy) is 1. The molecule has 0 radical (unpaired) electrons. The van der Waals surface area contributed by atoms with E-state index < -0.39 is 0 Å². The SMILES string of the molecule is CCc1cc(CC)n(CCOc2ccc(CN)cc2)n1. The normalized spacial score (nSPS) is 10.8. The van der Waals surface area contributed by atoms with Crippen LogP contribution in [0.15, 0.2) is 30.3 Å². The van der Waals surface area contributed by atoms with Gasteiger partial charge in [0, 0.05) is 12.2 Å². The lowest BCUT2D eigenvalue weighted by Crippen LogP contribution is -2.12. The summed E-state index contributed by atoms with van der Waals surface area (Å²) in [7, 11) is 0. The zero-order valence-corrected chi connectivity index (χ0v) is 12.3. The van der Waals surface area contributed by atoms with Gasteiger partial charge in [-0.05, 0) is 36.6 Å². The lowest BCUT2D eigenvalue weighted by atomic mass is 10.2. The number of benzene rings is 1. The van der Waals surface area contributed by atoms with Crippen LogP contribution in [-0.2, 0) is 25.9 Å². The molecule has 4 nitrogen and oxygen atoms in total. The monoisotopic (exact) mass is 273 g/mol. The Morgan fingerprint density at radius 1 is 1.15 bits per heavy atom. The molecule has 20 heavy (non-hydrogen) atoms. The third-order valence-electron chi connectivity index (χ3n) is 3.37. The molecule has 0 aliphatic carbocycles. The summed E-state index contributed by atoms with van der Waals surface area (Å²) in [5.41, 5.74) is 9.10. The second kappa shape index (κ2) is 7.10. The second-order valence-corrected chi connectivity index (χ2v) is 4.75. The fraction of sp³-hybridized carbons (Fsp3) is 0.438. The number of nitrogens with zero attached hydrogens (tertiary/aromatic N) is 2. The number of nitrogens with two attached hydrogens (primary N) is 1. The van der Waals surface area contributed by atoms with E-state index >= 15 is 0 Å². The highest BCUT2D eigenvalue weighted by Crippen LogP contribution is 2.12. The van der Waals surface area contributed by atoms with Crippen LogP contribution in [-0.4, -0.2) is 16.4 Å². The van der Waals surface area contributed by atoms with Gasteiger partial charge in [-0.25, -0.2) is 0 Å². The van der Waals surface area contributed by atoms with Gasteiger partial charge in [0.2, 0.25) is 0 Å². The fourth-order valence-corrected chi connectivity index (χ4v) is 2.14. The van der Waals surface area contributed by atoms with Crippen LogP contribution in [0.1, 0.15) is 30.8 Å². The first kappa shape index (κ1) is 14.6. The van der Waals surface area contributed by atoms with Crippen molar-refractivity contribution in [1.29, 1.82) is 0 Å². The molecule has 0 amide bonds. The van der Waals surface area contributed by atoms with Gasteiger partial charge in [0.25, 0.3) is 0 Å². The highest BCUT2D eigenvalue weighted by molar-refractivity contribution is 5.27. The van der Waals surface area contributed by atoms with E-state index in [1.54, 1.807) is 0 Å². The molecule has 0 fully saturated rings. The van der Waals surface area contributed by atoms with Gasteiger partial charge >= 0.3 is 0 Å². The first-order valence-electron chi connectivity index (χ1n) is 7.24. The minimum Gasteiger partial charge on any atom is -0.492 e. The van der Waals surface area contributed by atoms with E-state index in [9.17, 15) is 0 Å². The molecule has 1 aromatic heterocycles. The number of rotatable bonds is 7. The maximum atomic E-state index is 5.75. The number of aromatic nitrogens is 2. The number of hydrogen-bond acceptors (Lipinski definition) is 3. The topological polar surface area (TPSA) is 53.1 Å². The van der Waals surface area contributed by atoms with Crippen molar-refractivity contribution in [3.63, 3.8) is 0 Å². The molecule has 1 heterocycles. The third-order valence-corrected chi connectivity index (χ3v) is 3.37. The molecule has 108 valence electrons. The lowest BCUT2D eigenvalue weighted by Gasteiger charge is -2.09. The van der Waals surface area contributed by atoms with E-state index in [-0.39, 0.29) is 0 Å². The van der Waals surface area contributed by atoms with Gasteiger partial charge < -0.3 is 10.5 Å². The van der Waals surface area contributed by atoms with E-state index in [0.717, 1.165) is 36.4 Å². The minimum atomic E-state index is 0.563. The van der Waals surface area contributed by atoms with E-state index in [0.29, 0.717) is 13.2 Å². The summed E-state index contributed by atoms with van der Waals surface area (Å²) >= 11 is 0. The van der Waals surface area contributed by atoms with E-state index in [4.69, 9.17) is 10.5 Å². The van der Waals surface area contributed by atoms with Crippen molar-refractivity contribution in [2.75, 3.05) is 6.61 Å². The summed E-state index contributed by atoms with van der Waals surface area (Å²) in [4.78, 5) is 0. The Balaban J connectivity index is 1.90. The molecule has 0 bridgehead atoms. The predicted molar refractivity (Wildman–Crippen MR) is 80.8 cm³/mol. The van der Waals surface area contributed by atoms with Crippen molar-refractivity contribution in [3.8, 4) is 5.75 Å². The van der Waals surface area contributed by atoms with E-state index in [2.05, 4.69) is 25.0 Å².